The number of methoxy groups -OCH3 is 2. The fraction of sp³-hybridized carbons (Fsp3) is 0.238. The van der Waals surface area contributed by atoms with Crippen molar-refractivity contribution in [2.75, 3.05) is 19.5 Å². The monoisotopic (exact) mass is 431 g/mol. The lowest BCUT2D eigenvalue weighted by Crippen LogP contribution is -2.45. The third-order valence-corrected chi connectivity index (χ3v) is 5.16. The molecule has 0 aromatic heterocycles. The zero-order chi connectivity index (χ0) is 21.1. The highest BCUT2D eigenvalue weighted by Gasteiger charge is 2.30. The largest absolute Gasteiger partial charge is 0.493 e. The number of hydrogen-bond acceptors (Lipinski definition) is 4. The molecule has 0 radical (unpaired) electrons. The topological polar surface area (TPSA) is 71.6 Å². The number of allylic oxidation sites excluding steroid dienone is 1. The minimum Gasteiger partial charge on any atom is -0.493 e. The molecule has 8 heteroatoms. The molecular weight excluding hydrogens is 410 g/mol. The molecule has 1 heterocycles. The number of aryl methyl sites for hydroxylation is 1. The fourth-order valence-corrected chi connectivity index (χ4v) is 3.64. The lowest BCUT2D eigenvalue weighted by molar-refractivity contribution is -0.113. The lowest BCUT2D eigenvalue weighted by atomic mass is 9.94. The maximum atomic E-state index is 13.2. The average molecular weight is 432 g/mol. The quantitative estimate of drug-likeness (QED) is 0.619. The molecule has 1 amide bonds. The van der Waals surface area contributed by atoms with Gasteiger partial charge in [0.25, 0.3) is 5.91 Å². The fourth-order valence-electron chi connectivity index (χ4n) is 3.20. The maximum absolute atomic E-state index is 13.2. The van der Waals surface area contributed by atoms with E-state index < -0.39 is 6.04 Å². The average Bonchev–Trinajstić information content (AvgIpc) is 2.69. The first-order valence-electron chi connectivity index (χ1n) is 8.91. The highest BCUT2D eigenvalue weighted by molar-refractivity contribution is 7.80. The molecule has 0 spiro atoms. The number of carbonyl (C=O) groups is 1. The number of benzene rings is 2. The van der Waals surface area contributed by atoms with Crippen LogP contribution in [0.5, 0.6) is 11.5 Å². The summed E-state index contributed by atoms with van der Waals surface area (Å²) >= 11 is 11.4. The van der Waals surface area contributed by atoms with Crippen LogP contribution in [-0.2, 0) is 4.79 Å². The Hall–Kier alpha value is -2.77. The molecule has 3 N–H and O–H groups in total. The van der Waals surface area contributed by atoms with Crippen molar-refractivity contribution in [2.45, 2.75) is 19.9 Å². The summed E-state index contributed by atoms with van der Waals surface area (Å²) in [6, 6.07) is 10.4. The van der Waals surface area contributed by atoms with E-state index >= 15 is 0 Å². The first-order valence-corrected chi connectivity index (χ1v) is 9.70. The normalized spacial score (nSPS) is 16.0. The van der Waals surface area contributed by atoms with E-state index in [9.17, 15) is 4.79 Å². The number of ether oxygens (including phenoxy) is 2. The highest BCUT2D eigenvalue weighted by atomic mass is 35.5. The molecule has 0 aliphatic carbocycles. The van der Waals surface area contributed by atoms with E-state index in [1.165, 1.54) is 0 Å². The smallest absolute Gasteiger partial charge is 0.255 e. The first-order chi connectivity index (χ1) is 13.8. The van der Waals surface area contributed by atoms with Crippen molar-refractivity contribution in [1.29, 1.82) is 0 Å². The second kappa shape index (κ2) is 8.71. The van der Waals surface area contributed by atoms with Crippen molar-refractivity contribution >= 4 is 40.5 Å². The Balaban J connectivity index is 2.00. The van der Waals surface area contributed by atoms with Gasteiger partial charge in [0.2, 0.25) is 0 Å². The second-order valence-corrected chi connectivity index (χ2v) is 7.44. The van der Waals surface area contributed by atoms with Gasteiger partial charge >= 0.3 is 0 Å². The van der Waals surface area contributed by atoms with Crippen LogP contribution < -0.4 is 25.4 Å². The van der Waals surface area contributed by atoms with Crippen LogP contribution in [0.1, 0.15) is 24.1 Å². The SMILES string of the molecule is COc1ccc(C2NC(=S)NC(C)=C2C(=O)Nc2cc(Cl)ccc2C)cc1OC. The molecule has 2 aromatic carbocycles. The summed E-state index contributed by atoms with van der Waals surface area (Å²) in [5.41, 5.74) is 3.58. The molecule has 0 fully saturated rings. The number of rotatable bonds is 5. The second-order valence-electron chi connectivity index (χ2n) is 6.60. The van der Waals surface area contributed by atoms with Crippen LogP contribution in [0.15, 0.2) is 47.7 Å². The molecule has 2 aromatic rings. The van der Waals surface area contributed by atoms with E-state index in [0.29, 0.717) is 38.6 Å². The van der Waals surface area contributed by atoms with Gasteiger partial charge in [0, 0.05) is 16.4 Å². The Bertz CT molecular complexity index is 1010. The minimum absolute atomic E-state index is 0.254. The molecule has 152 valence electrons. The lowest BCUT2D eigenvalue weighted by Gasteiger charge is -2.30. The Morgan fingerprint density at radius 2 is 1.83 bits per heavy atom. The summed E-state index contributed by atoms with van der Waals surface area (Å²) < 4.78 is 10.7. The van der Waals surface area contributed by atoms with Crippen LogP contribution in [0.4, 0.5) is 5.69 Å². The number of anilines is 1. The van der Waals surface area contributed by atoms with E-state index in [1.807, 2.05) is 32.0 Å². The van der Waals surface area contributed by atoms with Gasteiger partial charge < -0.3 is 25.4 Å². The third kappa shape index (κ3) is 4.46. The maximum Gasteiger partial charge on any atom is 0.255 e. The van der Waals surface area contributed by atoms with Gasteiger partial charge in [-0.25, -0.2) is 0 Å². The Morgan fingerprint density at radius 1 is 1.10 bits per heavy atom. The molecular formula is C21H22ClN3O3S. The van der Waals surface area contributed by atoms with Gasteiger partial charge in [0.05, 0.1) is 25.8 Å². The van der Waals surface area contributed by atoms with Gasteiger partial charge in [-0.05, 0) is 61.5 Å². The molecule has 6 nitrogen and oxygen atoms in total. The number of carbonyl (C=O) groups excluding carboxylic acids is 1. The summed E-state index contributed by atoms with van der Waals surface area (Å²) in [4.78, 5) is 13.2. The number of thiocarbonyl (C=S) groups is 1. The van der Waals surface area contributed by atoms with Crippen LogP contribution in [0, 0.1) is 6.92 Å². The molecule has 29 heavy (non-hydrogen) atoms. The molecule has 0 saturated carbocycles. The number of amides is 1. The van der Waals surface area contributed by atoms with E-state index in [0.717, 1.165) is 11.1 Å². The molecule has 1 atom stereocenters. The van der Waals surface area contributed by atoms with E-state index in [2.05, 4.69) is 16.0 Å². The molecule has 0 bridgehead atoms. The van der Waals surface area contributed by atoms with E-state index in [-0.39, 0.29) is 5.91 Å². The molecule has 1 aliphatic rings. The van der Waals surface area contributed by atoms with Crippen molar-refractivity contribution in [1.82, 2.24) is 10.6 Å². The van der Waals surface area contributed by atoms with Crippen LogP contribution in [-0.4, -0.2) is 25.2 Å². The molecule has 3 rings (SSSR count). The predicted molar refractivity (Wildman–Crippen MR) is 119 cm³/mol. The van der Waals surface area contributed by atoms with Gasteiger partial charge in [-0.2, -0.15) is 0 Å². The number of halogens is 1. The summed E-state index contributed by atoms with van der Waals surface area (Å²) in [5, 5.41) is 10.2. The van der Waals surface area contributed by atoms with Gasteiger partial charge in [-0.3, -0.25) is 4.79 Å². The summed E-state index contributed by atoms with van der Waals surface area (Å²) in [5.74, 6) is 0.920. The summed E-state index contributed by atoms with van der Waals surface area (Å²) in [6.45, 7) is 3.73. The van der Waals surface area contributed by atoms with Crippen molar-refractivity contribution in [3.05, 3.63) is 63.8 Å². The third-order valence-electron chi connectivity index (χ3n) is 4.70. The molecule has 1 unspecified atom stereocenters. The Labute approximate surface area is 180 Å². The van der Waals surface area contributed by atoms with Crippen molar-refractivity contribution in [3.63, 3.8) is 0 Å². The van der Waals surface area contributed by atoms with E-state index in [1.54, 1.807) is 32.4 Å². The van der Waals surface area contributed by atoms with E-state index in [4.69, 9.17) is 33.3 Å². The van der Waals surface area contributed by atoms with Gasteiger partial charge in [-0.1, -0.05) is 23.7 Å². The minimum atomic E-state index is -0.456. The van der Waals surface area contributed by atoms with Crippen molar-refractivity contribution in [3.8, 4) is 11.5 Å². The number of nitrogens with one attached hydrogen (secondary N) is 3. The Kier molecular flexibility index (Phi) is 6.30. The summed E-state index contributed by atoms with van der Waals surface area (Å²) in [6.07, 6.45) is 0. The predicted octanol–water partition coefficient (Wildman–Crippen LogP) is 4.10. The van der Waals surface area contributed by atoms with Crippen molar-refractivity contribution < 1.29 is 14.3 Å². The van der Waals surface area contributed by atoms with Crippen molar-refractivity contribution in [2.24, 2.45) is 0 Å². The van der Waals surface area contributed by atoms with Crippen LogP contribution >= 0.6 is 23.8 Å². The first kappa shape index (κ1) is 21.0. The van der Waals surface area contributed by atoms with Gasteiger partial charge in [0.15, 0.2) is 16.6 Å². The van der Waals surface area contributed by atoms with Crippen LogP contribution in [0.3, 0.4) is 0 Å². The van der Waals surface area contributed by atoms with Crippen LogP contribution in [0.25, 0.3) is 0 Å². The van der Waals surface area contributed by atoms with Crippen LogP contribution in [0.2, 0.25) is 5.02 Å². The zero-order valence-corrected chi connectivity index (χ0v) is 18.1. The van der Waals surface area contributed by atoms with Gasteiger partial charge in [0.1, 0.15) is 0 Å². The van der Waals surface area contributed by atoms with Gasteiger partial charge in [-0.15, -0.1) is 0 Å². The summed E-state index contributed by atoms with van der Waals surface area (Å²) in [7, 11) is 3.14. The standard InChI is InChI=1S/C21H22ClN3O3S/c1-11-5-7-14(22)10-15(11)24-20(26)18-12(2)23-21(29)25-19(18)13-6-8-16(27-3)17(9-13)28-4/h5-10,19H,1-4H3,(H,24,26)(H2,23,25,29). The zero-order valence-electron chi connectivity index (χ0n) is 16.6. The molecule has 0 saturated heterocycles. The Morgan fingerprint density at radius 3 is 2.52 bits per heavy atom. The molecule has 1 aliphatic heterocycles. The number of hydrogen-bond donors (Lipinski definition) is 3. The highest BCUT2D eigenvalue weighted by Crippen LogP contribution is 2.34.